The molecule has 7 heteroatoms. The molecule has 0 aromatic carbocycles. The maximum atomic E-state index is 11.8. The standard InChI is InChI=1S/C11H17N3O4/c1-4-11(2,16)7-12-10(15)9-5-8(14(17)18)6-13(9)3/h5-6,16H,4,7H2,1-3H3,(H,12,15). The number of hydrogen-bond acceptors (Lipinski definition) is 4. The Balaban J connectivity index is 2.76. The zero-order chi connectivity index (χ0) is 13.9. The molecule has 0 spiro atoms. The number of nitro groups is 1. The van der Waals surface area contributed by atoms with Crippen LogP contribution in [-0.2, 0) is 7.05 Å². The first-order valence-corrected chi connectivity index (χ1v) is 5.58. The van der Waals surface area contributed by atoms with Gasteiger partial charge in [0.05, 0.1) is 16.7 Å². The average molecular weight is 255 g/mol. The van der Waals surface area contributed by atoms with Crippen molar-refractivity contribution in [1.29, 1.82) is 0 Å². The highest BCUT2D eigenvalue weighted by molar-refractivity contribution is 5.93. The van der Waals surface area contributed by atoms with E-state index < -0.39 is 16.4 Å². The zero-order valence-corrected chi connectivity index (χ0v) is 10.6. The first-order valence-electron chi connectivity index (χ1n) is 5.58. The van der Waals surface area contributed by atoms with Crippen molar-refractivity contribution in [2.24, 2.45) is 7.05 Å². The minimum absolute atomic E-state index is 0.0985. The van der Waals surface area contributed by atoms with Gasteiger partial charge in [0.1, 0.15) is 5.69 Å². The lowest BCUT2D eigenvalue weighted by molar-refractivity contribution is -0.384. The second-order valence-corrected chi connectivity index (χ2v) is 4.48. The van der Waals surface area contributed by atoms with E-state index in [0.29, 0.717) is 6.42 Å². The van der Waals surface area contributed by atoms with Crippen molar-refractivity contribution in [3.05, 3.63) is 28.1 Å². The largest absolute Gasteiger partial charge is 0.388 e. The van der Waals surface area contributed by atoms with E-state index in [2.05, 4.69) is 5.32 Å². The molecule has 0 radical (unpaired) electrons. The van der Waals surface area contributed by atoms with E-state index in [1.54, 1.807) is 20.9 Å². The van der Waals surface area contributed by atoms with Gasteiger partial charge in [0.25, 0.3) is 11.6 Å². The van der Waals surface area contributed by atoms with Gasteiger partial charge in [-0.05, 0) is 13.3 Å². The minimum atomic E-state index is -0.979. The monoisotopic (exact) mass is 255 g/mol. The van der Waals surface area contributed by atoms with Crippen molar-refractivity contribution in [2.45, 2.75) is 25.9 Å². The van der Waals surface area contributed by atoms with Crippen molar-refractivity contribution < 1.29 is 14.8 Å². The molecule has 1 heterocycles. The summed E-state index contributed by atoms with van der Waals surface area (Å²) in [5.41, 5.74) is -0.925. The van der Waals surface area contributed by atoms with Gasteiger partial charge < -0.3 is 15.0 Å². The van der Waals surface area contributed by atoms with Crippen LogP contribution in [0.2, 0.25) is 0 Å². The Morgan fingerprint density at radius 3 is 2.72 bits per heavy atom. The second kappa shape index (κ2) is 5.18. The van der Waals surface area contributed by atoms with Crippen LogP contribution < -0.4 is 5.32 Å². The molecular weight excluding hydrogens is 238 g/mol. The van der Waals surface area contributed by atoms with Gasteiger partial charge in [-0.2, -0.15) is 0 Å². The van der Waals surface area contributed by atoms with Gasteiger partial charge in [-0.25, -0.2) is 0 Å². The number of amides is 1. The van der Waals surface area contributed by atoms with Crippen molar-refractivity contribution in [3.63, 3.8) is 0 Å². The highest BCUT2D eigenvalue weighted by Gasteiger charge is 2.21. The number of aryl methyl sites for hydroxylation is 1. The third-order valence-electron chi connectivity index (χ3n) is 2.83. The number of aliphatic hydroxyl groups is 1. The highest BCUT2D eigenvalue weighted by atomic mass is 16.6. The summed E-state index contributed by atoms with van der Waals surface area (Å²) in [5, 5.41) is 22.9. The molecule has 2 N–H and O–H groups in total. The van der Waals surface area contributed by atoms with Gasteiger partial charge in [-0.3, -0.25) is 14.9 Å². The van der Waals surface area contributed by atoms with Crippen LogP contribution in [0.15, 0.2) is 12.3 Å². The molecule has 0 aliphatic heterocycles. The van der Waals surface area contributed by atoms with E-state index in [9.17, 15) is 20.0 Å². The summed E-state index contributed by atoms with van der Waals surface area (Å²) in [6, 6.07) is 1.20. The Bertz CT molecular complexity index is 465. The van der Waals surface area contributed by atoms with Gasteiger partial charge in [0, 0.05) is 19.7 Å². The first kappa shape index (κ1) is 14.2. The normalized spacial score (nSPS) is 14.0. The number of aromatic nitrogens is 1. The molecule has 1 unspecified atom stereocenters. The molecule has 0 aliphatic rings. The molecule has 0 aliphatic carbocycles. The topological polar surface area (TPSA) is 97.4 Å². The van der Waals surface area contributed by atoms with Crippen molar-refractivity contribution >= 4 is 11.6 Å². The highest BCUT2D eigenvalue weighted by Crippen LogP contribution is 2.15. The summed E-state index contributed by atoms with van der Waals surface area (Å²) >= 11 is 0. The molecule has 0 saturated carbocycles. The number of nitrogens with one attached hydrogen (secondary N) is 1. The predicted octanol–water partition coefficient (Wildman–Crippen LogP) is 0.824. The number of nitrogens with zero attached hydrogens (tertiary/aromatic N) is 2. The number of carbonyl (C=O) groups excluding carboxylic acids is 1. The smallest absolute Gasteiger partial charge is 0.287 e. The predicted molar refractivity (Wildman–Crippen MR) is 65.3 cm³/mol. The Labute approximate surface area is 105 Å². The molecule has 100 valence electrons. The summed E-state index contributed by atoms with van der Waals surface area (Å²) in [7, 11) is 1.56. The van der Waals surface area contributed by atoms with Crippen LogP contribution in [-0.4, -0.2) is 32.6 Å². The summed E-state index contributed by atoms with van der Waals surface area (Å²) in [6.45, 7) is 3.52. The van der Waals surface area contributed by atoms with E-state index in [4.69, 9.17) is 0 Å². The maximum Gasteiger partial charge on any atom is 0.287 e. The molecule has 0 bridgehead atoms. The Morgan fingerprint density at radius 2 is 2.28 bits per heavy atom. The third-order valence-corrected chi connectivity index (χ3v) is 2.83. The molecule has 0 fully saturated rings. The van der Waals surface area contributed by atoms with Crippen LogP contribution in [0.1, 0.15) is 30.8 Å². The van der Waals surface area contributed by atoms with Crippen molar-refractivity contribution in [2.75, 3.05) is 6.54 Å². The van der Waals surface area contributed by atoms with Crippen molar-refractivity contribution in [3.8, 4) is 0 Å². The molecule has 18 heavy (non-hydrogen) atoms. The lowest BCUT2D eigenvalue weighted by Crippen LogP contribution is -2.40. The molecule has 7 nitrogen and oxygen atoms in total. The SMILES string of the molecule is CCC(C)(O)CNC(=O)c1cc([N+](=O)[O-])cn1C. The third kappa shape index (κ3) is 3.30. The number of carbonyl (C=O) groups is 1. The molecular formula is C11H17N3O4. The summed E-state index contributed by atoms with van der Waals surface area (Å²) in [6.07, 6.45) is 1.77. The van der Waals surface area contributed by atoms with Crippen LogP contribution in [0.4, 0.5) is 5.69 Å². The fourth-order valence-corrected chi connectivity index (χ4v) is 1.36. The van der Waals surface area contributed by atoms with Crippen LogP contribution in [0.3, 0.4) is 0 Å². The minimum Gasteiger partial charge on any atom is -0.388 e. The summed E-state index contributed by atoms with van der Waals surface area (Å²) < 4.78 is 1.38. The Morgan fingerprint density at radius 1 is 1.67 bits per heavy atom. The Kier molecular flexibility index (Phi) is 4.07. The summed E-state index contributed by atoms with van der Waals surface area (Å²) in [4.78, 5) is 21.8. The first-order chi connectivity index (χ1) is 8.26. The molecule has 0 saturated heterocycles. The van der Waals surface area contributed by atoms with Gasteiger partial charge in [-0.15, -0.1) is 0 Å². The fourth-order valence-electron chi connectivity index (χ4n) is 1.36. The van der Waals surface area contributed by atoms with Gasteiger partial charge in [0.15, 0.2) is 0 Å². The van der Waals surface area contributed by atoms with E-state index in [0.717, 1.165) is 0 Å². The van der Waals surface area contributed by atoms with E-state index in [-0.39, 0.29) is 17.9 Å². The molecule has 1 amide bonds. The second-order valence-electron chi connectivity index (χ2n) is 4.48. The molecule has 1 aromatic heterocycles. The number of hydrogen-bond donors (Lipinski definition) is 2. The Hall–Kier alpha value is -1.89. The molecule has 1 aromatic rings. The van der Waals surface area contributed by atoms with Gasteiger partial charge >= 0.3 is 0 Å². The van der Waals surface area contributed by atoms with E-state index >= 15 is 0 Å². The maximum absolute atomic E-state index is 11.8. The van der Waals surface area contributed by atoms with Gasteiger partial charge in [0.2, 0.25) is 0 Å². The van der Waals surface area contributed by atoms with Crippen molar-refractivity contribution in [1.82, 2.24) is 9.88 Å². The van der Waals surface area contributed by atoms with Crippen LogP contribution in [0.5, 0.6) is 0 Å². The van der Waals surface area contributed by atoms with E-state index in [1.807, 2.05) is 0 Å². The quantitative estimate of drug-likeness (QED) is 0.601. The summed E-state index contributed by atoms with van der Waals surface area (Å²) in [5.74, 6) is -0.445. The van der Waals surface area contributed by atoms with Crippen LogP contribution in [0.25, 0.3) is 0 Å². The van der Waals surface area contributed by atoms with Crippen LogP contribution >= 0.6 is 0 Å². The lowest BCUT2D eigenvalue weighted by Gasteiger charge is -2.21. The average Bonchev–Trinajstić information content (AvgIpc) is 2.69. The molecule has 1 rings (SSSR count). The fraction of sp³-hybridized carbons (Fsp3) is 0.545. The molecule has 1 atom stereocenters. The zero-order valence-electron chi connectivity index (χ0n) is 10.6. The van der Waals surface area contributed by atoms with Gasteiger partial charge in [-0.1, -0.05) is 6.92 Å². The number of rotatable bonds is 5. The van der Waals surface area contributed by atoms with Crippen LogP contribution in [0, 0.1) is 10.1 Å². The van der Waals surface area contributed by atoms with E-state index in [1.165, 1.54) is 16.8 Å². The lowest BCUT2D eigenvalue weighted by atomic mass is 10.0.